The number of hydrogen-bond donors (Lipinski definition) is 0. The van der Waals surface area contributed by atoms with E-state index in [0.29, 0.717) is 17.5 Å². The van der Waals surface area contributed by atoms with Crippen LogP contribution in [-0.4, -0.2) is 34.1 Å². The van der Waals surface area contributed by atoms with Crippen LogP contribution in [0.5, 0.6) is 5.75 Å². The zero-order valence-electron chi connectivity index (χ0n) is 17.2. The Morgan fingerprint density at radius 2 is 1.87 bits per heavy atom. The van der Waals surface area contributed by atoms with Crippen LogP contribution >= 0.6 is 0 Å². The van der Waals surface area contributed by atoms with Gasteiger partial charge in [0.2, 0.25) is 11.7 Å². The monoisotopic (exact) mass is 401 g/mol. The van der Waals surface area contributed by atoms with E-state index in [1.165, 1.54) is 4.90 Å². The number of carbonyl (C=O) groups is 1. The lowest BCUT2D eigenvalue weighted by molar-refractivity contribution is -0.137. The Kier molecular flexibility index (Phi) is 5.48. The van der Waals surface area contributed by atoms with Crippen molar-refractivity contribution in [1.29, 1.82) is 0 Å². The van der Waals surface area contributed by atoms with E-state index in [2.05, 4.69) is 10.1 Å². The predicted octanol–water partition coefficient (Wildman–Crippen LogP) is 4.62. The number of aromatic nitrogens is 2. The molecule has 1 amide bonds. The number of fused-ring (bicyclic) bond motifs is 1. The van der Waals surface area contributed by atoms with Gasteiger partial charge in [0, 0.05) is 12.6 Å². The summed E-state index contributed by atoms with van der Waals surface area (Å²) in [6.45, 7) is 3.96. The molecule has 4 aromatic rings. The van der Waals surface area contributed by atoms with Gasteiger partial charge in [-0.1, -0.05) is 59.3 Å². The minimum atomic E-state index is -0.643. The maximum atomic E-state index is 12.7. The molecule has 30 heavy (non-hydrogen) atoms. The second kappa shape index (κ2) is 8.37. The molecule has 0 unspecified atom stereocenters. The molecule has 1 atom stereocenters. The molecular formula is C24H23N3O3. The lowest BCUT2D eigenvalue weighted by Gasteiger charge is -2.21. The normalized spacial score (nSPS) is 12.0. The first-order valence-corrected chi connectivity index (χ1v) is 9.79. The first-order valence-electron chi connectivity index (χ1n) is 9.79. The van der Waals surface area contributed by atoms with Gasteiger partial charge in [0.15, 0.2) is 6.10 Å². The van der Waals surface area contributed by atoms with E-state index in [9.17, 15) is 4.79 Å². The minimum absolute atomic E-state index is 0.168. The summed E-state index contributed by atoms with van der Waals surface area (Å²) in [5.74, 6) is 1.37. The Bertz CT molecular complexity index is 1190. The van der Waals surface area contributed by atoms with Crippen LogP contribution in [0.2, 0.25) is 0 Å². The number of aryl methyl sites for hydroxylation is 1. The van der Waals surface area contributed by atoms with Gasteiger partial charge < -0.3 is 14.2 Å². The van der Waals surface area contributed by atoms with Crippen molar-refractivity contribution in [2.45, 2.75) is 26.5 Å². The highest BCUT2D eigenvalue weighted by atomic mass is 16.5. The predicted molar refractivity (Wildman–Crippen MR) is 115 cm³/mol. The second-order valence-corrected chi connectivity index (χ2v) is 7.34. The average molecular weight is 401 g/mol. The second-order valence-electron chi connectivity index (χ2n) is 7.34. The van der Waals surface area contributed by atoms with Crippen LogP contribution in [0.15, 0.2) is 71.3 Å². The summed E-state index contributed by atoms with van der Waals surface area (Å²) in [6, 6.07) is 21.7. The van der Waals surface area contributed by atoms with Gasteiger partial charge >= 0.3 is 0 Å². The average Bonchev–Trinajstić information content (AvgIpc) is 3.21. The van der Waals surface area contributed by atoms with Crippen LogP contribution in [0.4, 0.5) is 0 Å². The Labute approximate surface area is 175 Å². The van der Waals surface area contributed by atoms with Crippen molar-refractivity contribution < 1.29 is 14.1 Å². The molecule has 152 valence electrons. The van der Waals surface area contributed by atoms with Crippen molar-refractivity contribution in [1.82, 2.24) is 15.0 Å². The fraction of sp³-hybridized carbons (Fsp3) is 0.208. The summed E-state index contributed by atoms with van der Waals surface area (Å²) in [6.07, 6.45) is -0.643. The van der Waals surface area contributed by atoms with Gasteiger partial charge in [-0.3, -0.25) is 4.79 Å². The molecular weight excluding hydrogens is 378 g/mol. The Morgan fingerprint density at radius 3 is 2.67 bits per heavy atom. The minimum Gasteiger partial charge on any atom is -0.481 e. The molecule has 0 spiro atoms. The maximum absolute atomic E-state index is 12.7. The van der Waals surface area contributed by atoms with Crippen molar-refractivity contribution in [3.05, 3.63) is 78.2 Å². The molecule has 4 rings (SSSR count). The molecule has 6 nitrogen and oxygen atoms in total. The van der Waals surface area contributed by atoms with E-state index in [-0.39, 0.29) is 12.5 Å². The molecule has 1 heterocycles. The Hall–Kier alpha value is -3.67. The van der Waals surface area contributed by atoms with E-state index in [1.807, 2.05) is 73.7 Å². The van der Waals surface area contributed by atoms with E-state index in [4.69, 9.17) is 9.26 Å². The number of ether oxygens (including phenoxy) is 1. The third-order valence-electron chi connectivity index (χ3n) is 4.87. The standard InChI is InChI=1S/C24H23N3O3/c1-16-7-6-10-20(13-16)23-25-22(30-26-23)15-27(3)24(28)17(2)29-21-12-11-18-8-4-5-9-19(18)14-21/h4-14,17H,15H2,1-3H3/t17-/m1/s1. The van der Waals surface area contributed by atoms with Crippen LogP contribution in [-0.2, 0) is 11.3 Å². The summed E-state index contributed by atoms with van der Waals surface area (Å²) >= 11 is 0. The molecule has 0 saturated heterocycles. The summed E-state index contributed by atoms with van der Waals surface area (Å²) in [4.78, 5) is 18.7. The van der Waals surface area contributed by atoms with Gasteiger partial charge in [0.05, 0.1) is 6.54 Å². The highest BCUT2D eigenvalue weighted by molar-refractivity contribution is 5.84. The molecule has 0 saturated carbocycles. The van der Waals surface area contributed by atoms with E-state index in [0.717, 1.165) is 21.9 Å². The van der Waals surface area contributed by atoms with Gasteiger partial charge in [-0.15, -0.1) is 0 Å². The zero-order chi connectivity index (χ0) is 21.1. The van der Waals surface area contributed by atoms with E-state index < -0.39 is 6.10 Å². The number of benzene rings is 3. The lowest BCUT2D eigenvalue weighted by Crippen LogP contribution is -2.37. The zero-order valence-corrected chi connectivity index (χ0v) is 17.2. The molecule has 0 fully saturated rings. The molecule has 0 bridgehead atoms. The van der Waals surface area contributed by atoms with E-state index >= 15 is 0 Å². The quantitative estimate of drug-likeness (QED) is 0.471. The summed E-state index contributed by atoms with van der Waals surface area (Å²) in [7, 11) is 1.69. The Morgan fingerprint density at radius 1 is 1.07 bits per heavy atom. The van der Waals surface area contributed by atoms with Gasteiger partial charge in [-0.05, 0) is 42.8 Å². The fourth-order valence-corrected chi connectivity index (χ4v) is 3.31. The van der Waals surface area contributed by atoms with Gasteiger partial charge in [-0.2, -0.15) is 4.98 Å². The highest BCUT2D eigenvalue weighted by Gasteiger charge is 2.21. The van der Waals surface area contributed by atoms with Crippen LogP contribution in [0.1, 0.15) is 18.4 Å². The number of nitrogens with zero attached hydrogens (tertiary/aromatic N) is 3. The van der Waals surface area contributed by atoms with Crippen LogP contribution < -0.4 is 4.74 Å². The summed E-state index contributed by atoms with van der Waals surface area (Å²) in [5, 5.41) is 6.22. The molecule has 3 aromatic carbocycles. The Balaban J connectivity index is 1.40. The molecule has 0 aliphatic heterocycles. The van der Waals surface area contributed by atoms with Crippen molar-refractivity contribution in [2.24, 2.45) is 0 Å². The lowest BCUT2D eigenvalue weighted by atomic mass is 10.1. The molecule has 0 aliphatic carbocycles. The number of carbonyl (C=O) groups excluding carboxylic acids is 1. The molecule has 6 heteroatoms. The number of likely N-dealkylation sites (N-methyl/N-ethyl adjacent to an activating group) is 1. The highest BCUT2D eigenvalue weighted by Crippen LogP contribution is 2.22. The number of hydrogen-bond acceptors (Lipinski definition) is 5. The van der Waals surface area contributed by atoms with Gasteiger partial charge in [0.25, 0.3) is 5.91 Å². The summed E-state index contributed by atoms with van der Waals surface area (Å²) < 4.78 is 11.2. The van der Waals surface area contributed by atoms with Crippen molar-refractivity contribution in [3.8, 4) is 17.1 Å². The first kappa shape index (κ1) is 19.6. The molecule has 0 aliphatic rings. The molecule has 1 aromatic heterocycles. The number of amides is 1. The third-order valence-corrected chi connectivity index (χ3v) is 4.87. The van der Waals surface area contributed by atoms with E-state index in [1.54, 1.807) is 14.0 Å². The number of rotatable bonds is 6. The van der Waals surface area contributed by atoms with Crippen molar-refractivity contribution >= 4 is 16.7 Å². The SMILES string of the molecule is Cc1cccc(-c2noc(CN(C)C(=O)[C@@H](C)Oc3ccc4ccccc4c3)n2)c1. The smallest absolute Gasteiger partial charge is 0.263 e. The first-order chi connectivity index (χ1) is 14.5. The largest absolute Gasteiger partial charge is 0.481 e. The topological polar surface area (TPSA) is 68.5 Å². The fourth-order valence-electron chi connectivity index (χ4n) is 3.31. The van der Waals surface area contributed by atoms with Crippen LogP contribution in [0.3, 0.4) is 0 Å². The van der Waals surface area contributed by atoms with Gasteiger partial charge in [0.1, 0.15) is 5.75 Å². The summed E-state index contributed by atoms with van der Waals surface area (Å²) in [5.41, 5.74) is 2.00. The molecule has 0 N–H and O–H groups in total. The van der Waals surface area contributed by atoms with Gasteiger partial charge in [-0.25, -0.2) is 0 Å². The van der Waals surface area contributed by atoms with Crippen molar-refractivity contribution in [2.75, 3.05) is 7.05 Å². The van der Waals surface area contributed by atoms with Crippen LogP contribution in [0, 0.1) is 6.92 Å². The van der Waals surface area contributed by atoms with Crippen LogP contribution in [0.25, 0.3) is 22.2 Å². The maximum Gasteiger partial charge on any atom is 0.263 e. The third kappa shape index (κ3) is 4.33. The molecule has 0 radical (unpaired) electrons. The van der Waals surface area contributed by atoms with Crippen molar-refractivity contribution in [3.63, 3.8) is 0 Å².